The number of hydrogen-bond donors (Lipinski definition) is 0. The minimum absolute atomic E-state index is 0.0710. The SMILES string of the molecule is Cc1cc(C(=O)N2CC[C@H]3C[C@@H](c4nc(C)c(C)s4)O[C@@H]3C2)no1. The molecule has 0 bridgehead atoms. The van der Waals surface area contributed by atoms with E-state index in [1.54, 1.807) is 24.3 Å². The average molecular weight is 347 g/mol. The van der Waals surface area contributed by atoms with Gasteiger partial charge < -0.3 is 14.2 Å². The number of carbonyl (C=O) groups excluding carboxylic acids is 1. The van der Waals surface area contributed by atoms with E-state index in [4.69, 9.17) is 9.26 Å². The molecule has 128 valence electrons. The van der Waals surface area contributed by atoms with E-state index in [1.165, 1.54) is 4.88 Å². The quantitative estimate of drug-likeness (QED) is 0.835. The summed E-state index contributed by atoms with van der Waals surface area (Å²) in [6.07, 6.45) is 2.13. The molecule has 4 rings (SSSR count). The van der Waals surface area contributed by atoms with Gasteiger partial charge in [0.15, 0.2) is 5.69 Å². The topological polar surface area (TPSA) is 68.5 Å². The van der Waals surface area contributed by atoms with Crippen LogP contribution in [0.25, 0.3) is 0 Å². The first-order chi connectivity index (χ1) is 11.5. The van der Waals surface area contributed by atoms with Gasteiger partial charge in [-0.05, 0) is 39.5 Å². The number of aromatic nitrogens is 2. The van der Waals surface area contributed by atoms with Crippen LogP contribution in [-0.2, 0) is 4.74 Å². The van der Waals surface area contributed by atoms with E-state index in [0.29, 0.717) is 23.9 Å². The lowest BCUT2D eigenvalue weighted by Crippen LogP contribution is -2.45. The zero-order chi connectivity index (χ0) is 16.8. The van der Waals surface area contributed by atoms with Crippen molar-refractivity contribution in [2.45, 2.75) is 45.8 Å². The molecule has 2 aromatic rings. The summed E-state index contributed by atoms with van der Waals surface area (Å²) in [4.78, 5) is 20.3. The van der Waals surface area contributed by atoms with Gasteiger partial charge in [-0.25, -0.2) is 4.98 Å². The van der Waals surface area contributed by atoms with Crippen molar-refractivity contribution in [1.29, 1.82) is 0 Å². The Morgan fingerprint density at radius 1 is 1.38 bits per heavy atom. The van der Waals surface area contributed by atoms with Crippen LogP contribution in [0.1, 0.15) is 50.8 Å². The molecule has 0 unspecified atom stereocenters. The first-order valence-electron chi connectivity index (χ1n) is 8.33. The van der Waals surface area contributed by atoms with E-state index in [0.717, 1.165) is 30.1 Å². The predicted molar refractivity (Wildman–Crippen MR) is 89.1 cm³/mol. The lowest BCUT2D eigenvalue weighted by atomic mass is 9.91. The Bertz CT molecular complexity index is 749. The molecule has 2 saturated heterocycles. The Kier molecular flexibility index (Phi) is 3.92. The molecule has 7 heteroatoms. The molecule has 0 aliphatic carbocycles. The van der Waals surface area contributed by atoms with Crippen LogP contribution in [0.2, 0.25) is 0 Å². The second-order valence-electron chi connectivity index (χ2n) is 6.72. The van der Waals surface area contributed by atoms with Crippen molar-refractivity contribution in [3.63, 3.8) is 0 Å². The number of aryl methyl sites for hydroxylation is 3. The summed E-state index contributed by atoms with van der Waals surface area (Å²) < 4.78 is 11.3. The van der Waals surface area contributed by atoms with Crippen molar-refractivity contribution >= 4 is 17.2 Å². The number of rotatable bonds is 2. The molecule has 6 nitrogen and oxygen atoms in total. The number of ether oxygens (including phenoxy) is 1. The fraction of sp³-hybridized carbons (Fsp3) is 0.588. The van der Waals surface area contributed by atoms with E-state index < -0.39 is 0 Å². The average Bonchev–Trinajstić information content (AvgIpc) is 3.25. The van der Waals surface area contributed by atoms with E-state index in [2.05, 4.69) is 17.1 Å². The zero-order valence-electron chi connectivity index (χ0n) is 14.1. The number of amides is 1. The van der Waals surface area contributed by atoms with Gasteiger partial charge in [0.25, 0.3) is 5.91 Å². The van der Waals surface area contributed by atoms with Crippen molar-refractivity contribution in [2.75, 3.05) is 13.1 Å². The minimum atomic E-state index is -0.0710. The van der Waals surface area contributed by atoms with Gasteiger partial charge >= 0.3 is 0 Å². The Hall–Kier alpha value is -1.73. The Balaban J connectivity index is 1.45. The number of carbonyl (C=O) groups is 1. The molecule has 2 aliphatic heterocycles. The van der Waals surface area contributed by atoms with E-state index in [9.17, 15) is 4.79 Å². The van der Waals surface area contributed by atoms with Crippen LogP contribution in [0, 0.1) is 26.7 Å². The molecule has 2 aliphatic rings. The van der Waals surface area contributed by atoms with E-state index >= 15 is 0 Å². The summed E-state index contributed by atoms with van der Waals surface area (Å²) in [6, 6.07) is 1.69. The first-order valence-corrected chi connectivity index (χ1v) is 9.15. The van der Waals surface area contributed by atoms with Crippen molar-refractivity contribution in [1.82, 2.24) is 15.0 Å². The fourth-order valence-electron chi connectivity index (χ4n) is 3.54. The molecule has 1 amide bonds. The van der Waals surface area contributed by atoms with Gasteiger partial charge in [-0.3, -0.25) is 4.79 Å². The van der Waals surface area contributed by atoms with E-state index in [1.807, 2.05) is 11.8 Å². The van der Waals surface area contributed by atoms with Gasteiger partial charge in [-0.15, -0.1) is 11.3 Å². The molecule has 0 N–H and O–H groups in total. The normalized spacial score (nSPS) is 26.6. The summed E-state index contributed by atoms with van der Waals surface area (Å²) >= 11 is 1.72. The van der Waals surface area contributed by atoms with Gasteiger partial charge in [0.2, 0.25) is 0 Å². The van der Waals surface area contributed by atoms with Crippen LogP contribution >= 0.6 is 11.3 Å². The molecular weight excluding hydrogens is 326 g/mol. The van der Waals surface area contributed by atoms with Crippen LogP contribution in [0.3, 0.4) is 0 Å². The van der Waals surface area contributed by atoms with Crippen LogP contribution in [-0.4, -0.2) is 40.1 Å². The second kappa shape index (κ2) is 5.97. The monoisotopic (exact) mass is 347 g/mol. The highest BCUT2D eigenvalue weighted by atomic mass is 32.1. The summed E-state index contributed by atoms with van der Waals surface area (Å²) in [5, 5.41) is 4.91. The maximum Gasteiger partial charge on any atom is 0.276 e. The molecule has 2 aromatic heterocycles. The standard InChI is InChI=1S/C17H21N3O3S/c1-9-6-13(19-23-9)17(21)20-5-4-12-7-14(22-15(12)8-20)16-18-10(2)11(3)24-16/h6,12,14-15H,4-5,7-8H2,1-3H3/t12-,14-,15+/m0/s1. The highest BCUT2D eigenvalue weighted by molar-refractivity contribution is 7.11. The number of likely N-dealkylation sites (tertiary alicyclic amines) is 1. The molecule has 3 atom stereocenters. The summed E-state index contributed by atoms with van der Waals surface area (Å²) in [6.45, 7) is 7.29. The molecular formula is C17H21N3O3S. The third-order valence-corrected chi connectivity index (χ3v) is 6.17. The third-order valence-electron chi connectivity index (χ3n) is 5.01. The molecule has 2 fully saturated rings. The Labute approximate surface area is 144 Å². The van der Waals surface area contributed by atoms with Gasteiger partial charge in [0.1, 0.15) is 16.9 Å². The molecule has 0 radical (unpaired) electrons. The smallest absolute Gasteiger partial charge is 0.276 e. The van der Waals surface area contributed by atoms with Crippen LogP contribution < -0.4 is 0 Å². The first kappa shape index (κ1) is 15.8. The third kappa shape index (κ3) is 2.75. The van der Waals surface area contributed by atoms with Gasteiger partial charge in [-0.1, -0.05) is 5.16 Å². The number of hydrogen-bond acceptors (Lipinski definition) is 6. The molecule has 0 saturated carbocycles. The molecule has 24 heavy (non-hydrogen) atoms. The van der Waals surface area contributed by atoms with Crippen molar-refractivity contribution in [2.24, 2.45) is 5.92 Å². The number of nitrogens with zero attached hydrogens (tertiary/aromatic N) is 3. The highest BCUT2D eigenvalue weighted by Crippen LogP contribution is 2.42. The summed E-state index contributed by atoms with van der Waals surface area (Å²) in [5.41, 5.74) is 1.47. The maximum atomic E-state index is 12.5. The van der Waals surface area contributed by atoms with Gasteiger partial charge in [0, 0.05) is 24.0 Å². The second-order valence-corrected chi connectivity index (χ2v) is 7.95. The fourth-order valence-corrected chi connectivity index (χ4v) is 4.51. The van der Waals surface area contributed by atoms with Crippen molar-refractivity contribution in [3.8, 4) is 0 Å². The molecule has 4 heterocycles. The Morgan fingerprint density at radius 2 is 2.21 bits per heavy atom. The number of piperidine rings is 1. The van der Waals surface area contributed by atoms with Crippen LogP contribution in [0.15, 0.2) is 10.6 Å². The van der Waals surface area contributed by atoms with Crippen LogP contribution in [0.5, 0.6) is 0 Å². The van der Waals surface area contributed by atoms with Crippen molar-refractivity contribution < 1.29 is 14.1 Å². The van der Waals surface area contributed by atoms with E-state index in [-0.39, 0.29) is 18.1 Å². The van der Waals surface area contributed by atoms with Gasteiger partial charge in [0.05, 0.1) is 11.8 Å². The lowest BCUT2D eigenvalue weighted by Gasteiger charge is -2.33. The largest absolute Gasteiger partial charge is 0.366 e. The molecule has 0 aromatic carbocycles. The van der Waals surface area contributed by atoms with Gasteiger partial charge in [-0.2, -0.15) is 0 Å². The zero-order valence-corrected chi connectivity index (χ0v) is 14.9. The number of fused-ring (bicyclic) bond motifs is 1. The number of thiazole rings is 1. The van der Waals surface area contributed by atoms with Crippen LogP contribution in [0.4, 0.5) is 0 Å². The lowest BCUT2D eigenvalue weighted by molar-refractivity contribution is -0.00477. The summed E-state index contributed by atoms with van der Waals surface area (Å²) in [5.74, 6) is 1.08. The van der Waals surface area contributed by atoms with Crippen molar-refractivity contribution in [3.05, 3.63) is 33.1 Å². The Morgan fingerprint density at radius 3 is 2.88 bits per heavy atom. The molecule has 0 spiro atoms. The summed E-state index contributed by atoms with van der Waals surface area (Å²) in [7, 11) is 0. The predicted octanol–water partition coefficient (Wildman–Crippen LogP) is 3.05. The minimum Gasteiger partial charge on any atom is -0.366 e. The maximum absolute atomic E-state index is 12.5. The highest BCUT2D eigenvalue weighted by Gasteiger charge is 2.42.